The van der Waals surface area contributed by atoms with Gasteiger partial charge in [-0.1, -0.05) is 12.1 Å². The summed E-state index contributed by atoms with van der Waals surface area (Å²) in [5.41, 5.74) is 0.463. The first-order chi connectivity index (χ1) is 8.38. The highest BCUT2D eigenvalue weighted by atomic mass is 79.9. The number of hydrogen-bond acceptors (Lipinski definition) is 2. The average Bonchev–Trinajstić information content (AvgIpc) is 2.33. The molecule has 0 aliphatic heterocycles. The number of halogens is 1. The lowest BCUT2D eigenvalue weighted by Crippen LogP contribution is -2.30. The number of pyridine rings is 1. The Morgan fingerprint density at radius 3 is 2.67 bits per heavy atom. The number of rotatable bonds is 1. The molecule has 0 unspecified atom stereocenters. The number of aryl methyl sites for hydroxylation is 1. The summed E-state index contributed by atoms with van der Waals surface area (Å²) in [5.74, 6) is 0. The minimum absolute atomic E-state index is 0.124. The molecule has 1 aromatic carbocycles. The van der Waals surface area contributed by atoms with E-state index >= 15 is 0 Å². The molecule has 0 fully saturated rings. The number of nitrogens with zero attached hydrogens (tertiary/aromatic N) is 2. The Bertz CT molecular complexity index is 723. The summed E-state index contributed by atoms with van der Waals surface area (Å²) in [7, 11) is 1.73. The summed E-state index contributed by atoms with van der Waals surface area (Å²) in [6.07, 6.45) is 0. The molecule has 0 amide bonds. The SMILES string of the molecule is Cn1c(=O)c(C(C)(C)C#N)cc2cccc(Br)c21. The maximum Gasteiger partial charge on any atom is 0.255 e. The highest BCUT2D eigenvalue weighted by molar-refractivity contribution is 9.10. The Balaban J connectivity index is 2.95. The van der Waals surface area contributed by atoms with E-state index in [4.69, 9.17) is 0 Å². The van der Waals surface area contributed by atoms with E-state index in [1.54, 1.807) is 25.5 Å². The first-order valence-corrected chi connectivity index (χ1v) is 6.38. The van der Waals surface area contributed by atoms with Crippen LogP contribution in [0.25, 0.3) is 10.9 Å². The minimum atomic E-state index is -0.786. The first-order valence-electron chi connectivity index (χ1n) is 5.58. The summed E-state index contributed by atoms with van der Waals surface area (Å²) in [6, 6.07) is 9.75. The van der Waals surface area contributed by atoms with Crippen molar-refractivity contribution in [3.05, 3.63) is 44.7 Å². The van der Waals surface area contributed by atoms with Crippen LogP contribution in [0.3, 0.4) is 0 Å². The molecule has 1 heterocycles. The predicted molar refractivity (Wildman–Crippen MR) is 75.5 cm³/mol. The van der Waals surface area contributed by atoms with Crippen LogP contribution in [0.4, 0.5) is 0 Å². The van der Waals surface area contributed by atoms with Gasteiger partial charge >= 0.3 is 0 Å². The quantitative estimate of drug-likeness (QED) is 0.812. The average molecular weight is 305 g/mol. The van der Waals surface area contributed by atoms with Crippen molar-refractivity contribution in [2.24, 2.45) is 7.05 Å². The molecule has 0 saturated carbocycles. The molecule has 92 valence electrons. The Labute approximate surface area is 114 Å². The largest absolute Gasteiger partial charge is 0.310 e. The monoisotopic (exact) mass is 304 g/mol. The maximum absolute atomic E-state index is 12.3. The van der Waals surface area contributed by atoms with Gasteiger partial charge in [0.15, 0.2) is 0 Å². The van der Waals surface area contributed by atoms with E-state index in [1.165, 1.54) is 0 Å². The lowest BCUT2D eigenvalue weighted by Gasteiger charge is -2.18. The number of aromatic nitrogens is 1. The topological polar surface area (TPSA) is 45.8 Å². The second-order valence-electron chi connectivity index (χ2n) is 4.84. The smallest absolute Gasteiger partial charge is 0.255 e. The summed E-state index contributed by atoms with van der Waals surface area (Å²) < 4.78 is 2.47. The van der Waals surface area contributed by atoms with Crippen LogP contribution >= 0.6 is 15.9 Å². The normalized spacial score (nSPS) is 11.5. The van der Waals surface area contributed by atoms with Crippen LogP contribution in [0.15, 0.2) is 33.5 Å². The molecule has 3 nitrogen and oxygen atoms in total. The summed E-state index contributed by atoms with van der Waals surface area (Å²) >= 11 is 3.45. The minimum Gasteiger partial charge on any atom is -0.310 e. The van der Waals surface area contributed by atoms with Crippen LogP contribution in [-0.2, 0) is 12.5 Å². The molecule has 18 heavy (non-hydrogen) atoms. The molecule has 2 aromatic rings. The van der Waals surface area contributed by atoms with Crippen molar-refractivity contribution in [3.8, 4) is 6.07 Å². The van der Waals surface area contributed by atoms with Gasteiger partial charge in [0.1, 0.15) is 0 Å². The van der Waals surface area contributed by atoms with E-state index in [1.807, 2.05) is 24.3 Å². The van der Waals surface area contributed by atoms with Gasteiger partial charge in [-0.2, -0.15) is 5.26 Å². The van der Waals surface area contributed by atoms with E-state index in [0.29, 0.717) is 5.56 Å². The van der Waals surface area contributed by atoms with E-state index in [9.17, 15) is 10.1 Å². The molecule has 1 aromatic heterocycles. The highest BCUT2D eigenvalue weighted by Crippen LogP contribution is 2.26. The van der Waals surface area contributed by atoms with Gasteiger partial charge in [-0.25, -0.2) is 0 Å². The van der Waals surface area contributed by atoms with Crippen molar-refractivity contribution in [1.29, 1.82) is 5.26 Å². The third-order valence-electron chi connectivity index (χ3n) is 3.14. The first kappa shape index (κ1) is 12.8. The lowest BCUT2D eigenvalue weighted by molar-refractivity contribution is 0.664. The second kappa shape index (κ2) is 4.25. The van der Waals surface area contributed by atoms with Gasteiger partial charge in [-0.3, -0.25) is 4.79 Å². The second-order valence-corrected chi connectivity index (χ2v) is 5.69. The van der Waals surface area contributed by atoms with E-state index in [2.05, 4.69) is 22.0 Å². The fourth-order valence-electron chi connectivity index (χ4n) is 2.01. The van der Waals surface area contributed by atoms with Crippen molar-refractivity contribution >= 4 is 26.8 Å². The van der Waals surface area contributed by atoms with E-state index in [-0.39, 0.29) is 5.56 Å². The van der Waals surface area contributed by atoms with Crippen LogP contribution in [-0.4, -0.2) is 4.57 Å². The Hall–Kier alpha value is -1.60. The molecular weight excluding hydrogens is 292 g/mol. The number of hydrogen-bond donors (Lipinski definition) is 0. The van der Waals surface area contributed by atoms with Crippen LogP contribution in [0.2, 0.25) is 0 Å². The van der Waals surface area contributed by atoms with E-state index in [0.717, 1.165) is 15.4 Å². The zero-order valence-corrected chi connectivity index (χ0v) is 12.1. The molecule has 0 saturated heterocycles. The Morgan fingerprint density at radius 2 is 2.06 bits per heavy atom. The van der Waals surface area contributed by atoms with E-state index < -0.39 is 5.41 Å². The molecule has 0 radical (unpaired) electrons. The van der Waals surface area contributed by atoms with Gasteiger partial charge in [0.2, 0.25) is 0 Å². The number of nitriles is 1. The molecule has 0 atom stereocenters. The summed E-state index contributed by atoms with van der Waals surface area (Å²) in [4.78, 5) is 12.3. The number of fused-ring (bicyclic) bond motifs is 1. The van der Waals surface area contributed by atoms with Crippen LogP contribution < -0.4 is 5.56 Å². The van der Waals surface area contributed by atoms with Crippen molar-refractivity contribution in [1.82, 2.24) is 4.57 Å². The maximum atomic E-state index is 12.3. The fourth-order valence-corrected chi connectivity index (χ4v) is 2.66. The van der Waals surface area contributed by atoms with Crippen LogP contribution in [0.1, 0.15) is 19.4 Å². The van der Waals surface area contributed by atoms with Gasteiger partial charge in [0.05, 0.1) is 17.0 Å². The molecular formula is C14H13BrN2O. The van der Waals surface area contributed by atoms with Gasteiger partial charge in [-0.15, -0.1) is 0 Å². The molecule has 0 N–H and O–H groups in total. The van der Waals surface area contributed by atoms with Crippen molar-refractivity contribution in [2.75, 3.05) is 0 Å². The number of para-hydroxylation sites is 1. The third-order valence-corrected chi connectivity index (χ3v) is 3.78. The van der Waals surface area contributed by atoms with Gasteiger partial charge in [-0.05, 0) is 47.3 Å². The fraction of sp³-hybridized carbons (Fsp3) is 0.286. The van der Waals surface area contributed by atoms with Gasteiger partial charge in [0.25, 0.3) is 5.56 Å². The zero-order valence-electron chi connectivity index (χ0n) is 10.5. The highest BCUT2D eigenvalue weighted by Gasteiger charge is 2.25. The van der Waals surface area contributed by atoms with Crippen molar-refractivity contribution < 1.29 is 0 Å². The predicted octanol–water partition coefficient (Wildman–Crippen LogP) is 3.10. The third kappa shape index (κ3) is 1.85. The van der Waals surface area contributed by atoms with Crippen molar-refractivity contribution in [3.63, 3.8) is 0 Å². The lowest BCUT2D eigenvalue weighted by atomic mass is 9.86. The van der Waals surface area contributed by atoms with Gasteiger partial charge < -0.3 is 4.57 Å². The van der Waals surface area contributed by atoms with Crippen LogP contribution in [0, 0.1) is 11.3 Å². The summed E-state index contributed by atoms with van der Waals surface area (Å²) in [5, 5.41) is 10.1. The molecule has 4 heteroatoms. The molecule has 0 spiro atoms. The molecule has 0 bridgehead atoms. The van der Waals surface area contributed by atoms with Crippen LogP contribution in [0.5, 0.6) is 0 Å². The molecule has 0 aliphatic rings. The van der Waals surface area contributed by atoms with Crippen molar-refractivity contribution in [2.45, 2.75) is 19.3 Å². The van der Waals surface area contributed by atoms with Gasteiger partial charge in [0, 0.05) is 17.1 Å². The standard InChI is InChI=1S/C14H13BrN2O/c1-14(2,8-16)10-7-9-5-4-6-11(15)12(9)17(3)13(10)18/h4-7H,1-3H3. The number of benzene rings is 1. The molecule has 2 rings (SSSR count). The Kier molecular flexibility index (Phi) is 3.04. The summed E-state index contributed by atoms with van der Waals surface area (Å²) in [6.45, 7) is 3.51. The molecule has 0 aliphatic carbocycles. The Morgan fingerprint density at radius 1 is 1.39 bits per heavy atom. The zero-order chi connectivity index (χ0) is 13.5.